The van der Waals surface area contributed by atoms with Gasteiger partial charge in [0.2, 0.25) is 0 Å². The zero-order chi connectivity index (χ0) is 21.3. The van der Waals surface area contributed by atoms with Crippen molar-refractivity contribution in [3.63, 3.8) is 0 Å². The number of alkyl halides is 3. The molecule has 154 valence electrons. The molecule has 8 heteroatoms. The summed E-state index contributed by atoms with van der Waals surface area (Å²) in [6.07, 6.45) is -3.68. The van der Waals surface area contributed by atoms with Gasteiger partial charge in [0, 0.05) is 24.5 Å². The second-order valence-electron chi connectivity index (χ2n) is 7.01. The number of halogens is 4. The summed E-state index contributed by atoms with van der Waals surface area (Å²) in [7, 11) is 0. The van der Waals surface area contributed by atoms with E-state index < -0.39 is 11.7 Å². The first-order valence-electron chi connectivity index (χ1n) is 9.27. The molecule has 0 unspecified atom stereocenters. The predicted octanol–water partition coefficient (Wildman–Crippen LogP) is 5.70. The molecule has 4 rings (SSSR count). The molecule has 0 saturated heterocycles. The molecule has 0 fully saturated rings. The zero-order valence-corrected chi connectivity index (χ0v) is 16.5. The summed E-state index contributed by atoms with van der Waals surface area (Å²) in [5.74, 6) is -0.171. The molecule has 0 spiro atoms. The van der Waals surface area contributed by atoms with Crippen LogP contribution >= 0.6 is 11.6 Å². The Hall–Kier alpha value is -3.06. The van der Waals surface area contributed by atoms with Crippen LogP contribution in [0.2, 0.25) is 5.15 Å². The highest BCUT2D eigenvalue weighted by Gasteiger charge is 2.30. The molecule has 0 bridgehead atoms. The van der Waals surface area contributed by atoms with Gasteiger partial charge in [-0.25, -0.2) is 4.98 Å². The highest BCUT2D eigenvalue weighted by Crippen LogP contribution is 2.31. The Morgan fingerprint density at radius 1 is 1.00 bits per heavy atom. The zero-order valence-electron chi connectivity index (χ0n) is 15.7. The van der Waals surface area contributed by atoms with Gasteiger partial charge in [-0.2, -0.15) is 13.2 Å². The van der Waals surface area contributed by atoms with E-state index in [-0.39, 0.29) is 11.1 Å². The quantitative estimate of drug-likeness (QED) is 0.541. The van der Waals surface area contributed by atoms with Gasteiger partial charge in [-0.15, -0.1) is 0 Å². The monoisotopic (exact) mass is 431 g/mol. The lowest BCUT2D eigenvalue weighted by Crippen LogP contribution is -2.36. The number of fused-ring (bicyclic) bond motifs is 1. The van der Waals surface area contributed by atoms with Gasteiger partial charge in [0.25, 0.3) is 5.91 Å². The maximum absolute atomic E-state index is 12.7. The average molecular weight is 432 g/mol. The predicted molar refractivity (Wildman–Crippen MR) is 109 cm³/mol. The van der Waals surface area contributed by atoms with Crippen molar-refractivity contribution in [1.82, 2.24) is 9.88 Å². The van der Waals surface area contributed by atoms with Gasteiger partial charge in [-0.05, 0) is 66.1 Å². The van der Waals surface area contributed by atoms with Gasteiger partial charge in [-0.3, -0.25) is 4.79 Å². The number of carbonyl (C=O) groups is 1. The summed E-state index contributed by atoms with van der Waals surface area (Å²) >= 11 is 5.88. The van der Waals surface area contributed by atoms with Crippen molar-refractivity contribution in [3.8, 4) is 0 Å². The van der Waals surface area contributed by atoms with Crippen LogP contribution in [0.25, 0.3) is 0 Å². The van der Waals surface area contributed by atoms with Crippen molar-refractivity contribution in [2.75, 3.05) is 11.9 Å². The van der Waals surface area contributed by atoms with E-state index >= 15 is 0 Å². The Labute approximate surface area is 176 Å². The number of hydrogen-bond acceptors (Lipinski definition) is 3. The first-order valence-corrected chi connectivity index (χ1v) is 9.65. The molecule has 4 nitrogen and oxygen atoms in total. The summed E-state index contributed by atoms with van der Waals surface area (Å²) in [4.78, 5) is 18.5. The molecule has 1 aromatic heterocycles. The number of rotatable bonds is 3. The lowest BCUT2D eigenvalue weighted by molar-refractivity contribution is -0.137. The maximum Gasteiger partial charge on any atom is 0.416 e. The molecular formula is C22H17ClF3N3O. The Balaban J connectivity index is 1.46. The summed E-state index contributed by atoms with van der Waals surface area (Å²) in [6.45, 7) is 1.01. The van der Waals surface area contributed by atoms with Gasteiger partial charge in [0.05, 0.1) is 5.56 Å². The molecule has 30 heavy (non-hydrogen) atoms. The smallest absolute Gasteiger partial charge is 0.356 e. The lowest BCUT2D eigenvalue weighted by atomic mass is 9.98. The minimum Gasteiger partial charge on any atom is -0.356 e. The van der Waals surface area contributed by atoms with Crippen LogP contribution in [-0.2, 0) is 19.1 Å². The minimum atomic E-state index is -4.35. The Bertz CT molecular complexity index is 1080. The van der Waals surface area contributed by atoms with Gasteiger partial charge >= 0.3 is 6.18 Å². The van der Waals surface area contributed by atoms with E-state index in [9.17, 15) is 18.0 Å². The first kappa shape index (κ1) is 20.2. The number of carbonyl (C=O) groups excluding carboxylic acids is 1. The number of amides is 1. The van der Waals surface area contributed by atoms with E-state index in [1.165, 1.54) is 12.1 Å². The molecule has 0 saturated carbocycles. The molecular weight excluding hydrogens is 415 g/mol. The maximum atomic E-state index is 12.7. The van der Waals surface area contributed by atoms with Crippen LogP contribution in [0.1, 0.15) is 27.2 Å². The molecule has 0 radical (unpaired) electrons. The number of benzene rings is 2. The van der Waals surface area contributed by atoms with Crippen LogP contribution in [0.15, 0.2) is 60.7 Å². The fourth-order valence-electron chi connectivity index (χ4n) is 3.40. The number of nitrogens with one attached hydrogen (secondary N) is 1. The number of hydrogen-bond donors (Lipinski definition) is 1. The van der Waals surface area contributed by atoms with E-state index in [0.29, 0.717) is 30.9 Å². The van der Waals surface area contributed by atoms with Gasteiger partial charge in [0.1, 0.15) is 10.8 Å². The fraction of sp³-hybridized carbons (Fsp3) is 0.182. The molecule has 1 aliphatic rings. The summed E-state index contributed by atoms with van der Waals surface area (Å²) < 4.78 is 38.1. The molecule has 3 aromatic rings. The standard InChI is InChI=1S/C22H17ClF3N3O/c23-20-3-1-2-19(28-20)21(30)29-11-10-14-12-18(7-4-15(14)13-29)27-17-8-5-16(6-9-17)22(24,25)26/h1-9,12,27H,10-11,13H2. The normalized spacial score (nSPS) is 13.7. The highest BCUT2D eigenvalue weighted by atomic mass is 35.5. The molecule has 1 amide bonds. The number of aromatic nitrogens is 1. The minimum absolute atomic E-state index is 0.171. The second kappa shape index (κ2) is 7.99. The fourth-order valence-corrected chi connectivity index (χ4v) is 3.57. The van der Waals surface area contributed by atoms with Crippen molar-refractivity contribution in [1.29, 1.82) is 0 Å². The van der Waals surface area contributed by atoms with Crippen molar-refractivity contribution < 1.29 is 18.0 Å². The molecule has 1 N–H and O–H groups in total. The molecule has 1 aliphatic heterocycles. The lowest BCUT2D eigenvalue weighted by Gasteiger charge is -2.29. The number of nitrogens with zero attached hydrogens (tertiary/aromatic N) is 2. The Morgan fingerprint density at radius 3 is 2.43 bits per heavy atom. The van der Waals surface area contributed by atoms with Crippen LogP contribution in [0.5, 0.6) is 0 Å². The summed E-state index contributed by atoms with van der Waals surface area (Å²) in [5, 5.41) is 3.40. The van der Waals surface area contributed by atoms with E-state index in [1.54, 1.807) is 23.1 Å². The van der Waals surface area contributed by atoms with Crippen LogP contribution in [0, 0.1) is 0 Å². The van der Waals surface area contributed by atoms with Crippen LogP contribution in [0.4, 0.5) is 24.5 Å². The van der Waals surface area contributed by atoms with E-state index in [4.69, 9.17) is 11.6 Å². The molecule has 0 atom stereocenters. The highest BCUT2D eigenvalue weighted by molar-refractivity contribution is 6.29. The van der Waals surface area contributed by atoms with E-state index in [1.807, 2.05) is 18.2 Å². The summed E-state index contributed by atoms with van der Waals surface area (Å²) in [5.41, 5.74) is 3.10. The third-order valence-corrected chi connectivity index (χ3v) is 5.15. The van der Waals surface area contributed by atoms with Crippen LogP contribution in [-0.4, -0.2) is 22.3 Å². The van der Waals surface area contributed by atoms with Crippen LogP contribution in [0.3, 0.4) is 0 Å². The Morgan fingerprint density at radius 2 is 1.73 bits per heavy atom. The first-order chi connectivity index (χ1) is 14.3. The molecule has 0 aliphatic carbocycles. The van der Waals surface area contributed by atoms with Crippen molar-refractivity contribution in [2.45, 2.75) is 19.1 Å². The summed E-state index contributed by atoms with van der Waals surface area (Å²) in [6, 6.07) is 15.6. The Kier molecular flexibility index (Phi) is 5.39. The van der Waals surface area contributed by atoms with Crippen molar-refractivity contribution in [3.05, 3.63) is 88.2 Å². The van der Waals surface area contributed by atoms with Crippen molar-refractivity contribution in [2.24, 2.45) is 0 Å². The van der Waals surface area contributed by atoms with Gasteiger partial charge in [0.15, 0.2) is 0 Å². The van der Waals surface area contributed by atoms with E-state index in [0.717, 1.165) is 28.9 Å². The number of pyridine rings is 1. The molecule has 2 aromatic carbocycles. The van der Waals surface area contributed by atoms with E-state index in [2.05, 4.69) is 10.3 Å². The second-order valence-corrected chi connectivity index (χ2v) is 7.39. The largest absolute Gasteiger partial charge is 0.416 e. The molecule has 2 heterocycles. The van der Waals surface area contributed by atoms with Crippen molar-refractivity contribution >= 4 is 28.9 Å². The van der Waals surface area contributed by atoms with Crippen LogP contribution < -0.4 is 5.32 Å². The third kappa shape index (κ3) is 4.41. The third-order valence-electron chi connectivity index (χ3n) is 4.94. The topological polar surface area (TPSA) is 45.2 Å². The van der Waals surface area contributed by atoms with Gasteiger partial charge < -0.3 is 10.2 Å². The average Bonchev–Trinajstić information content (AvgIpc) is 2.72. The van der Waals surface area contributed by atoms with Gasteiger partial charge in [-0.1, -0.05) is 23.7 Å². The number of anilines is 2. The SMILES string of the molecule is O=C(c1cccc(Cl)n1)N1CCc2cc(Nc3ccc(C(F)(F)F)cc3)ccc2C1.